The highest BCUT2D eigenvalue weighted by atomic mass is 16.1. The van der Waals surface area contributed by atoms with Crippen molar-refractivity contribution in [2.75, 3.05) is 6.54 Å². The van der Waals surface area contributed by atoms with Crippen LogP contribution < -0.4 is 5.32 Å². The first-order valence-electron chi connectivity index (χ1n) is 6.60. The van der Waals surface area contributed by atoms with Crippen molar-refractivity contribution in [2.24, 2.45) is 0 Å². The van der Waals surface area contributed by atoms with Crippen LogP contribution in [-0.4, -0.2) is 12.3 Å². The second-order valence-corrected chi connectivity index (χ2v) is 4.67. The van der Waals surface area contributed by atoms with Gasteiger partial charge in [0.05, 0.1) is 0 Å². The molecule has 0 heterocycles. The first kappa shape index (κ1) is 13.5. The van der Waals surface area contributed by atoms with Gasteiger partial charge in [-0.15, -0.1) is 0 Å². The van der Waals surface area contributed by atoms with Gasteiger partial charge in [-0.25, -0.2) is 0 Å². The summed E-state index contributed by atoms with van der Waals surface area (Å²) >= 11 is 0. The van der Waals surface area contributed by atoms with Gasteiger partial charge in [0.2, 0.25) is 0 Å². The number of benzene rings is 2. The van der Waals surface area contributed by atoms with E-state index in [0.717, 1.165) is 25.1 Å². The molecule has 1 N–H and O–H groups in total. The van der Waals surface area contributed by atoms with Crippen LogP contribution in [0, 0.1) is 0 Å². The summed E-state index contributed by atoms with van der Waals surface area (Å²) in [6, 6.07) is 18.2. The number of hydrogen-bond acceptors (Lipinski definition) is 2. The molecule has 2 aromatic carbocycles. The predicted octanol–water partition coefficient (Wildman–Crippen LogP) is 3.22. The van der Waals surface area contributed by atoms with Gasteiger partial charge in [-0.3, -0.25) is 4.79 Å². The Morgan fingerprint density at radius 1 is 0.947 bits per heavy atom. The maximum absolute atomic E-state index is 11.2. The molecule has 19 heavy (non-hydrogen) atoms. The Morgan fingerprint density at radius 2 is 1.63 bits per heavy atom. The van der Waals surface area contributed by atoms with E-state index in [-0.39, 0.29) is 5.78 Å². The zero-order valence-electron chi connectivity index (χ0n) is 11.2. The Kier molecular flexibility index (Phi) is 4.87. The molecule has 0 unspecified atom stereocenters. The van der Waals surface area contributed by atoms with Gasteiger partial charge in [-0.1, -0.05) is 54.6 Å². The minimum Gasteiger partial charge on any atom is -0.312 e. The Hall–Kier alpha value is -1.93. The molecule has 0 bridgehead atoms. The fourth-order valence-corrected chi connectivity index (χ4v) is 1.97. The van der Waals surface area contributed by atoms with Gasteiger partial charge in [0.1, 0.15) is 0 Å². The van der Waals surface area contributed by atoms with Gasteiger partial charge in [0.25, 0.3) is 0 Å². The summed E-state index contributed by atoms with van der Waals surface area (Å²) in [7, 11) is 0. The van der Waals surface area contributed by atoms with Gasteiger partial charge in [-0.2, -0.15) is 0 Å². The lowest BCUT2D eigenvalue weighted by atomic mass is 10.1. The molecule has 0 spiro atoms. The number of ketones is 1. The van der Waals surface area contributed by atoms with Crippen LogP contribution in [0.4, 0.5) is 0 Å². The van der Waals surface area contributed by atoms with Crippen molar-refractivity contribution in [1.82, 2.24) is 5.32 Å². The summed E-state index contributed by atoms with van der Waals surface area (Å²) in [6.45, 7) is 3.39. The molecule has 0 radical (unpaired) electrons. The van der Waals surface area contributed by atoms with Crippen molar-refractivity contribution >= 4 is 5.78 Å². The number of hydrogen-bond donors (Lipinski definition) is 1. The molecule has 98 valence electrons. The van der Waals surface area contributed by atoms with Gasteiger partial charge >= 0.3 is 0 Å². The lowest BCUT2D eigenvalue weighted by Crippen LogP contribution is -2.16. The van der Waals surface area contributed by atoms with E-state index in [1.54, 1.807) is 6.92 Å². The number of rotatable bonds is 6. The monoisotopic (exact) mass is 253 g/mol. The smallest absolute Gasteiger partial charge is 0.159 e. The molecule has 2 rings (SSSR count). The van der Waals surface area contributed by atoms with Crippen LogP contribution >= 0.6 is 0 Å². The van der Waals surface area contributed by atoms with Crippen molar-refractivity contribution in [3.8, 4) is 0 Å². The summed E-state index contributed by atoms with van der Waals surface area (Å²) in [4.78, 5) is 11.2. The zero-order valence-corrected chi connectivity index (χ0v) is 11.2. The molecule has 0 atom stereocenters. The van der Waals surface area contributed by atoms with Crippen molar-refractivity contribution in [3.63, 3.8) is 0 Å². The summed E-state index contributed by atoms with van der Waals surface area (Å²) in [5.41, 5.74) is 3.33. The largest absolute Gasteiger partial charge is 0.312 e. The fourth-order valence-electron chi connectivity index (χ4n) is 1.97. The standard InChI is InChI=1S/C17H19NO/c1-14(19)17-9-7-16(8-10-17)13-18-12-11-15-5-3-2-4-6-15/h2-10,18H,11-13H2,1H3. The molecule has 0 saturated carbocycles. The van der Waals surface area contributed by atoms with Crippen molar-refractivity contribution in [3.05, 3.63) is 71.3 Å². The van der Waals surface area contributed by atoms with Crippen molar-refractivity contribution in [1.29, 1.82) is 0 Å². The Balaban J connectivity index is 1.75. The highest BCUT2D eigenvalue weighted by molar-refractivity contribution is 5.93. The van der Waals surface area contributed by atoms with Crippen LogP contribution in [0.2, 0.25) is 0 Å². The van der Waals surface area contributed by atoms with E-state index in [4.69, 9.17) is 0 Å². The Morgan fingerprint density at radius 3 is 2.26 bits per heavy atom. The normalized spacial score (nSPS) is 10.4. The van der Waals surface area contributed by atoms with Gasteiger partial charge in [0, 0.05) is 12.1 Å². The van der Waals surface area contributed by atoms with E-state index in [1.807, 2.05) is 30.3 Å². The highest BCUT2D eigenvalue weighted by Crippen LogP contribution is 2.05. The summed E-state index contributed by atoms with van der Waals surface area (Å²) in [5.74, 6) is 0.114. The van der Waals surface area contributed by atoms with E-state index in [0.29, 0.717) is 0 Å². The average Bonchev–Trinajstić information content (AvgIpc) is 2.45. The third-order valence-electron chi connectivity index (χ3n) is 3.12. The first-order chi connectivity index (χ1) is 9.25. The molecule has 0 amide bonds. The van der Waals surface area contributed by atoms with Crippen molar-refractivity contribution < 1.29 is 4.79 Å². The molecule has 0 fully saturated rings. The van der Waals surface area contributed by atoms with E-state index >= 15 is 0 Å². The molecule has 0 saturated heterocycles. The topological polar surface area (TPSA) is 29.1 Å². The van der Waals surface area contributed by atoms with Crippen LogP contribution in [-0.2, 0) is 13.0 Å². The van der Waals surface area contributed by atoms with Gasteiger partial charge in [-0.05, 0) is 31.0 Å². The summed E-state index contributed by atoms with van der Waals surface area (Å²) in [5, 5.41) is 3.41. The minimum absolute atomic E-state index is 0.114. The summed E-state index contributed by atoms with van der Waals surface area (Å²) in [6.07, 6.45) is 1.03. The van der Waals surface area contributed by atoms with E-state index in [2.05, 4.69) is 29.6 Å². The van der Waals surface area contributed by atoms with Crippen LogP contribution in [0.3, 0.4) is 0 Å². The summed E-state index contributed by atoms with van der Waals surface area (Å²) < 4.78 is 0. The van der Waals surface area contributed by atoms with Crippen LogP contribution in [0.15, 0.2) is 54.6 Å². The highest BCUT2D eigenvalue weighted by Gasteiger charge is 1.98. The number of carbonyl (C=O) groups is 1. The zero-order chi connectivity index (χ0) is 13.5. The van der Waals surface area contributed by atoms with Gasteiger partial charge < -0.3 is 5.32 Å². The number of carbonyl (C=O) groups excluding carboxylic acids is 1. The van der Waals surface area contributed by atoms with E-state index in [1.165, 1.54) is 11.1 Å². The second-order valence-electron chi connectivity index (χ2n) is 4.67. The Bertz CT molecular complexity index is 517. The molecule has 2 aromatic rings. The quantitative estimate of drug-likeness (QED) is 0.632. The molecule has 2 heteroatoms. The molecule has 0 aliphatic carbocycles. The fraction of sp³-hybridized carbons (Fsp3) is 0.235. The third-order valence-corrected chi connectivity index (χ3v) is 3.12. The molecular weight excluding hydrogens is 234 g/mol. The van der Waals surface area contributed by atoms with Gasteiger partial charge in [0.15, 0.2) is 5.78 Å². The lowest BCUT2D eigenvalue weighted by Gasteiger charge is -2.05. The molecule has 0 aliphatic heterocycles. The van der Waals surface area contributed by atoms with Crippen LogP contribution in [0.25, 0.3) is 0 Å². The molecule has 2 nitrogen and oxygen atoms in total. The number of Topliss-reactive ketones (excluding diaryl/α,β-unsaturated/α-hetero) is 1. The van der Waals surface area contributed by atoms with E-state index < -0.39 is 0 Å². The third kappa shape index (κ3) is 4.34. The minimum atomic E-state index is 0.114. The maximum Gasteiger partial charge on any atom is 0.159 e. The van der Waals surface area contributed by atoms with Crippen LogP contribution in [0.1, 0.15) is 28.4 Å². The molecular formula is C17H19NO. The molecule has 0 aliphatic rings. The lowest BCUT2D eigenvalue weighted by molar-refractivity contribution is 0.101. The average molecular weight is 253 g/mol. The number of nitrogens with one attached hydrogen (secondary N) is 1. The predicted molar refractivity (Wildman–Crippen MR) is 78.3 cm³/mol. The first-order valence-corrected chi connectivity index (χ1v) is 6.60. The van der Waals surface area contributed by atoms with Crippen LogP contribution in [0.5, 0.6) is 0 Å². The van der Waals surface area contributed by atoms with E-state index in [9.17, 15) is 4.79 Å². The molecule has 0 aromatic heterocycles. The SMILES string of the molecule is CC(=O)c1ccc(CNCCc2ccccc2)cc1. The maximum atomic E-state index is 11.2. The Labute approximate surface area is 114 Å². The second kappa shape index (κ2) is 6.86. The van der Waals surface area contributed by atoms with Crippen molar-refractivity contribution in [2.45, 2.75) is 19.9 Å².